The number of primary amides is 1. The number of hydrogen-bond acceptors (Lipinski definition) is 9. The molecule has 0 spiro atoms. The predicted octanol–water partition coefficient (Wildman–Crippen LogP) is 1.47. The van der Waals surface area contributed by atoms with Gasteiger partial charge in [0.2, 0.25) is 23.6 Å². The lowest BCUT2D eigenvalue weighted by Crippen LogP contribution is -2.55. The van der Waals surface area contributed by atoms with E-state index in [9.17, 15) is 27.6 Å². The van der Waals surface area contributed by atoms with Crippen LogP contribution < -0.4 is 20.1 Å². The van der Waals surface area contributed by atoms with E-state index in [4.69, 9.17) is 10.5 Å². The van der Waals surface area contributed by atoms with E-state index in [2.05, 4.69) is 19.7 Å². The van der Waals surface area contributed by atoms with Gasteiger partial charge in [-0.3, -0.25) is 14.4 Å². The van der Waals surface area contributed by atoms with E-state index in [0.29, 0.717) is 38.3 Å². The molecule has 4 rings (SSSR count). The second kappa shape index (κ2) is 11.7. The Morgan fingerprint density at radius 2 is 1.87 bits per heavy atom. The van der Waals surface area contributed by atoms with E-state index in [1.165, 1.54) is 36.4 Å². The minimum absolute atomic E-state index is 0.125. The van der Waals surface area contributed by atoms with Crippen LogP contribution in [0.4, 0.5) is 19.1 Å². The third-order valence-electron chi connectivity index (χ3n) is 6.17. The van der Waals surface area contributed by atoms with Crippen molar-refractivity contribution >= 4 is 23.5 Å². The summed E-state index contributed by atoms with van der Waals surface area (Å²) in [6.45, 7) is -0.679. The van der Waals surface area contributed by atoms with Gasteiger partial charge in [0, 0.05) is 38.6 Å². The first-order valence-corrected chi connectivity index (χ1v) is 12.1. The number of nitrogens with zero attached hydrogens (tertiary/aromatic N) is 5. The van der Waals surface area contributed by atoms with Crippen molar-refractivity contribution < 1.29 is 37.0 Å². The number of aromatic nitrogens is 3. The zero-order chi connectivity index (χ0) is 28.2. The Hall–Kier alpha value is -4.23. The fraction of sp³-hybridized carbons (Fsp3) is 0.440. The molecule has 208 valence electrons. The Morgan fingerprint density at radius 1 is 1.15 bits per heavy atom. The first-order valence-electron chi connectivity index (χ1n) is 12.1. The molecular formula is C25H27F3N6O5. The highest BCUT2D eigenvalue weighted by atomic mass is 19.4. The molecule has 0 radical (unpaired) electrons. The minimum Gasteiger partial charge on any atom is -0.481 e. The molecule has 0 bridgehead atoms. The molecule has 39 heavy (non-hydrogen) atoms. The lowest BCUT2D eigenvalue weighted by atomic mass is 9.92. The van der Waals surface area contributed by atoms with Gasteiger partial charge in [-0.25, -0.2) is 15.0 Å². The summed E-state index contributed by atoms with van der Waals surface area (Å²) in [4.78, 5) is 51.6. The summed E-state index contributed by atoms with van der Waals surface area (Å²) in [7, 11) is 1.54. The van der Waals surface area contributed by atoms with Crippen molar-refractivity contribution in [2.24, 2.45) is 11.7 Å². The van der Waals surface area contributed by atoms with Gasteiger partial charge in [-0.15, -0.1) is 0 Å². The molecule has 1 aliphatic carbocycles. The number of hydrogen-bond donors (Lipinski definition) is 1. The molecule has 2 aromatic rings. The Morgan fingerprint density at radius 3 is 2.46 bits per heavy atom. The van der Waals surface area contributed by atoms with Crippen molar-refractivity contribution in [2.75, 3.05) is 38.2 Å². The second-order valence-electron chi connectivity index (χ2n) is 9.42. The van der Waals surface area contributed by atoms with Crippen LogP contribution in [0.2, 0.25) is 0 Å². The molecule has 1 fully saturated rings. The van der Waals surface area contributed by atoms with Gasteiger partial charge in [0.1, 0.15) is 5.75 Å². The summed E-state index contributed by atoms with van der Waals surface area (Å²) in [5, 5.41) is 0. The Kier molecular flexibility index (Phi) is 8.31. The Balaban J connectivity index is 1.24. The Bertz CT molecular complexity index is 1230. The molecule has 14 heteroatoms. The number of anilines is 1. The highest BCUT2D eigenvalue weighted by Crippen LogP contribution is 2.26. The number of carbonyl (C=O) groups excluding carboxylic acids is 3. The fourth-order valence-corrected chi connectivity index (χ4v) is 4.21. The molecule has 11 nitrogen and oxygen atoms in total. The molecule has 2 aromatic heterocycles. The normalized spacial score (nSPS) is 17.7. The number of alkyl halides is 3. The highest BCUT2D eigenvalue weighted by molar-refractivity contribution is 5.95. The standard InChI is InChI=1S/C25H27F3N6O5/c1-33(13-21(29)36)23(37)17-11-34(12-17)24-31-8-16(9-32-24)6-15-2-4-20(19(35)7-15)39-18-3-5-22(30-10-18)38-14-25(26,27)28/h3,5,7-10,17,20H,2,4,6,11-14H2,1H3,(H2,29,36)/t20-/m1/s1. The number of amides is 2. The number of rotatable bonds is 10. The van der Waals surface area contributed by atoms with Crippen molar-refractivity contribution in [2.45, 2.75) is 31.5 Å². The van der Waals surface area contributed by atoms with Crippen LogP contribution in [-0.4, -0.2) is 83.0 Å². The molecular weight excluding hydrogens is 521 g/mol. The van der Waals surface area contributed by atoms with Crippen LogP contribution in [0, 0.1) is 5.92 Å². The maximum absolute atomic E-state index is 12.6. The fourth-order valence-electron chi connectivity index (χ4n) is 4.21. The molecule has 1 aliphatic heterocycles. The van der Waals surface area contributed by atoms with E-state index in [1.54, 1.807) is 12.4 Å². The number of allylic oxidation sites excluding steroid dienone is 1. The van der Waals surface area contributed by atoms with E-state index in [0.717, 1.165) is 11.1 Å². The molecule has 0 saturated carbocycles. The molecule has 2 amide bonds. The van der Waals surface area contributed by atoms with Crippen LogP contribution >= 0.6 is 0 Å². The predicted molar refractivity (Wildman–Crippen MR) is 131 cm³/mol. The van der Waals surface area contributed by atoms with Gasteiger partial charge in [0.05, 0.1) is 18.7 Å². The van der Waals surface area contributed by atoms with Gasteiger partial charge in [0.25, 0.3) is 0 Å². The van der Waals surface area contributed by atoms with Crippen molar-refractivity contribution in [1.29, 1.82) is 0 Å². The zero-order valence-corrected chi connectivity index (χ0v) is 21.1. The number of ketones is 1. The summed E-state index contributed by atoms with van der Waals surface area (Å²) < 4.78 is 47.0. The number of likely N-dealkylation sites (N-methyl/N-ethyl adjacent to an activating group) is 1. The first-order chi connectivity index (χ1) is 18.5. The average Bonchev–Trinajstić information content (AvgIpc) is 2.84. The molecule has 2 N–H and O–H groups in total. The van der Waals surface area contributed by atoms with E-state index in [1.807, 2.05) is 4.90 Å². The van der Waals surface area contributed by atoms with Crippen molar-refractivity contribution in [1.82, 2.24) is 19.9 Å². The van der Waals surface area contributed by atoms with Gasteiger partial charge in [0.15, 0.2) is 18.5 Å². The van der Waals surface area contributed by atoms with Crippen LogP contribution in [0.3, 0.4) is 0 Å². The molecule has 3 heterocycles. The van der Waals surface area contributed by atoms with E-state index >= 15 is 0 Å². The maximum atomic E-state index is 12.6. The van der Waals surface area contributed by atoms with Gasteiger partial charge in [-0.05, 0) is 37.0 Å². The van der Waals surface area contributed by atoms with Gasteiger partial charge in [-0.1, -0.05) is 5.57 Å². The lowest BCUT2D eigenvalue weighted by Gasteiger charge is -2.39. The first kappa shape index (κ1) is 27.8. The van der Waals surface area contributed by atoms with E-state index < -0.39 is 24.8 Å². The zero-order valence-electron chi connectivity index (χ0n) is 21.1. The molecule has 0 unspecified atom stereocenters. The lowest BCUT2D eigenvalue weighted by molar-refractivity contribution is -0.154. The number of carbonyl (C=O) groups is 3. The smallest absolute Gasteiger partial charge is 0.422 e. The largest absolute Gasteiger partial charge is 0.481 e. The van der Waals surface area contributed by atoms with Gasteiger partial charge in [-0.2, -0.15) is 13.2 Å². The van der Waals surface area contributed by atoms with E-state index in [-0.39, 0.29) is 35.8 Å². The quantitative estimate of drug-likeness (QED) is 0.467. The maximum Gasteiger partial charge on any atom is 0.422 e. The molecule has 0 aromatic carbocycles. The van der Waals surface area contributed by atoms with Crippen molar-refractivity contribution in [3.63, 3.8) is 0 Å². The van der Waals surface area contributed by atoms with Gasteiger partial charge < -0.3 is 25.0 Å². The summed E-state index contributed by atoms with van der Waals surface area (Å²) >= 11 is 0. The van der Waals surface area contributed by atoms with Crippen molar-refractivity contribution in [3.8, 4) is 11.6 Å². The van der Waals surface area contributed by atoms with Crippen LogP contribution in [0.25, 0.3) is 0 Å². The topological polar surface area (TPSA) is 141 Å². The summed E-state index contributed by atoms with van der Waals surface area (Å²) in [6.07, 6.45) is 2.45. The van der Waals surface area contributed by atoms with Crippen molar-refractivity contribution in [3.05, 3.63) is 47.9 Å². The SMILES string of the molecule is CN(CC(N)=O)C(=O)C1CN(c2ncc(CC3=CC(=O)[C@H](Oc4ccc(OCC(F)(F)F)nc4)CC3)cn2)C1. The highest BCUT2D eigenvalue weighted by Gasteiger charge is 2.36. The van der Waals surface area contributed by atoms with Crippen LogP contribution in [-0.2, 0) is 20.8 Å². The third kappa shape index (κ3) is 7.65. The molecule has 1 atom stereocenters. The molecule has 2 aliphatic rings. The minimum atomic E-state index is -4.46. The third-order valence-corrected chi connectivity index (χ3v) is 6.17. The van der Waals surface area contributed by atoms with Crippen LogP contribution in [0.1, 0.15) is 18.4 Å². The molecule has 1 saturated heterocycles. The summed E-state index contributed by atoms with van der Waals surface area (Å²) in [5.41, 5.74) is 6.86. The van der Waals surface area contributed by atoms with Crippen LogP contribution in [0.5, 0.6) is 11.6 Å². The number of pyridine rings is 1. The second-order valence-corrected chi connectivity index (χ2v) is 9.42. The number of nitrogens with two attached hydrogens (primary N) is 1. The Labute approximate surface area is 221 Å². The number of ether oxygens (including phenoxy) is 2. The number of halogens is 3. The summed E-state index contributed by atoms with van der Waals surface area (Å²) in [5.74, 6) is -0.635. The van der Waals surface area contributed by atoms with Crippen LogP contribution in [0.15, 0.2) is 42.4 Å². The monoisotopic (exact) mass is 548 g/mol. The average molecular weight is 549 g/mol. The summed E-state index contributed by atoms with van der Waals surface area (Å²) in [6, 6.07) is 2.65. The van der Waals surface area contributed by atoms with Gasteiger partial charge >= 0.3 is 6.18 Å².